The zero-order chi connectivity index (χ0) is 19.0. The summed E-state index contributed by atoms with van der Waals surface area (Å²) in [5.74, 6) is -0.318. The molecular formula is C17H24N4O3S. The lowest BCUT2D eigenvalue weighted by Gasteiger charge is -2.20. The van der Waals surface area contributed by atoms with Crippen molar-refractivity contribution in [2.45, 2.75) is 45.1 Å². The minimum atomic E-state index is -3.67. The van der Waals surface area contributed by atoms with Gasteiger partial charge in [0.25, 0.3) is 5.91 Å². The van der Waals surface area contributed by atoms with Gasteiger partial charge in [0.05, 0.1) is 16.2 Å². The van der Waals surface area contributed by atoms with Crippen LogP contribution < -0.4 is 10.0 Å². The summed E-state index contributed by atoms with van der Waals surface area (Å²) in [6.45, 7) is 8.87. The molecule has 7 nitrogen and oxygen atoms in total. The molecule has 0 spiro atoms. The van der Waals surface area contributed by atoms with E-state index in [0.29, 0.717) is 16.9 Å². The highest BCUT2D eigenvalue weighted by atomic mass is 32.2. The number of nitrogens with one attached hydrogen (secondary N) is 2. The predicted molar refractivity (Wildman–Crippen MR) is 97.2 cm³/mol. The third kappa shape index (κ3) is 4.46. The third-order valence-corrected chi connectivity index (χ3v) is 5.33. The summed E-state index contributed by atoms with van der Waals surface area (Å²) in [5, 5.41) is 6.96. The van der Waals surface area contributed by atoms with Crippen LogP contribution in [0.15, 0.2) is 29.2 Å². The standard InChI is InChI=1S/C17H24N4O3S/c1-11-15(12(2)21(6)19-11)16(22)18-13-8-7-9-14(10-13)25(23,24)20-17(3,4)5/h7-10,20H,1-6H3,(H,18,22). The molecule has 0 aliphatic carbocycles. The van der Waals surface area contributed by atoms with Gasteiger partial charge in [0.15, 0.2) is 0 Å². The van der Waals surface area contributed by atoms with Crippen molar-refractivity contribution in [3.63, 3.8) is 0 Å². The van der Waals surface area contributed by atoms with Crippen molar-refractivity contribution in [2.24, 2.45) is 7.05 Å². The minimum absolute atomic E-state index is 0.0971. The van der Waals surface area contributed by atoms with E-state index in [1.807, 2.05) is 6.92 Å². The van der Waals surface area contributed by atoms with E-state index in [-0.39, 0.29) is 10.8 Å². The van der Waals surface area contributed by atoms with Gasteiger partial charge in [0.2, 0.25) is 10.0 Å². The van der Waals surface area contributed by atoms with Crippen molar-refractivity contribution in [3.8, 4) is 0 Å². The Labute approximate surface area is 148 Å². The molecule has 8 heteroatoms. The van der Waals surface area contributed by atoms with E-state index in [2.05, 4.69) is 15.1 Å². The van der Waals surface area contributed by atoms with Gasteiger partial charge < -0.3 is 5.32 Å². The SMILES string of the molecule is Cc1nn(C)c(C)c1C(=O)Nc1cccc(S(=O)(=O)NC(C)(C)C)c1. The molecule has 1 amide bonds. The smallest absolute Gasteiger partial charge is 0.259 e. The molecule has 0 saturated carbocycles. The molecule has 0 aliphatic rings. The summed E-state index contributed by atoms with van der Waals surface area (Å²) in [7, 11) is -1.90. The Kier molecular flexibility index (Phi) is 5.06. The number of hydrogen-bond donors (Lipinski definition) is 2. The summed E-state index contributed by atoms with van der Waals surface area (Å²) in [6.07, 6.45) is 0. The highest BCUT2D eigenvalue weighted by molar-refractivity contribution is 7.89. The Balaban J connectivity index is 2.29. The van der Waals surface area contributed by atoms with E-state index in [1.165, 1.54) is 12.1 Å². The molecule has 2 aromatic rings. The van der Waals surface area contributed by atoms with Crippen molar-refractivity contribution in [3.05, 3.63) is 41.2 Å². The third-order valence-electron chi connectivity index (χ3n) is 3.58. The first-order valence-electron chi connectivity index (χ1n) is 7.86. The number of amides is 1. The maximum Gasteiger partial charge on any atom is 0.259 e. The van der Waals surface area contributed by atoms with E-state index >= 15 is 0 Å². The van der Waals surface area contributed by atoms with Gasteiger partial charge in [0, 0.05) is 24.0 Å². The summed E-state index contributed by atoms with van der Waals surface area (Å²) in [4.78, 5) is 12.6. The normalized spacial score (nSPS) is 12.2. The molecule has 0 aliphatic heterocycles. The molecule has 0 bridgehead atoms. The lowest BCUT2D eigenvalue weighted by atomic mass is 10.1. The predicted octanol–water partition coefficient (Wildman–Crippen LogP) is 2.37. The second-order valence-electron chi connectivity index (χ2n) is 7.01. The van der Waals surface area contributed by atoms with E-state index in [9.17, 15) is 13.2 Å². The maximum atomic E-state index is 12.5. The molecule has 0 saturated heterocycles. The van der Waals surface area contributed by atoms with Gasteiger partial charge in [-0.3, -0.25) is 9.48 Å². The Morgan fingerprint density at radius 3 is 2.36 bits per heavy atom. The summed E-state index contributed by atoms with van der Waals surface area (Å²) >= 11 is 0. The quantitative estimate of drug-likeness (QED) is 0.871. The van der Waals surface area contributed by atoms with Gasteiger partial charge >= 0.3 is 0 Å². The number of sulfonamides is 1. The van der Waals surface area contributed by atoms with E-state index in [1.54, 1.807) is 51.6 Å². The number of carbonyl (C=O) groups is 1. The molecule has 0 atom stereocenters. The van der Waals surface area contributed by atoms with Crippen LogP contribution in [-0.4, -0.2) is 29.6 Å². The van der Waals surface area contributed by atoms with Crippen LogP contribution >= 0.6 is 0 Å². The van der Waals surface area contributed by atoms with E-state index in [4.69, 9.17) is 0 Å². The van der Waals surface area contributed by atoms with Crippen LogP contribution in [0.25, 0.3) is 0 Å². The number of hydrogen-bond acceptors (Lipinski definition) is 4. The molecule has 2 N–H and O–H groups in total. The monoisotopic (exact) mass is 364 g/mol. The van der Waals surface area contributed by atoms with Crippen molar-refractivity contribution < 1.29 is 13.2 Å². The first-order valence-corrected chi connectivity index (χ1v) is 9.34. The van der Waals surface area contributed by atoms with Gasteiger partial charge in [-0.2, -0.15) is 5.10 Å². The van der Waals surface area contributed by atoms with Crippen LogP contribution in [0.4, 0.5) is 5.69 Å². The van der Waals surface area contributed by atoms with Crippen molar-refractivity contribution in [2.75, 3.05) is 5.32 Å². The fourth-order valence-corrected chi connectivity index (χ4v) is 3.96. The zero-order valence-corrected chi connectivity index (χ0v) is 16.2. The van der Waals surface area contributed by atoms with Crippen LogP contribution in [0, 0.1) is 13.8 Å². The largest absolute Gasteiger partial charge is 0.322 e. The first kappa shape index (κ1) is 19.1. The lowest BCUT2D eigenvalue weighted by Crippen LogP contribution is -2.40. The summed E-state index contributed by atoms with van der Waals surface area (Å²) in [5.41, 5.74) is 1.67. The van der Waals surface area contributed by atoms with E-state index < -0.39 is 15.6 Å². The van der Waals surface area contributed by atoms with Crippen LogP contribution in [0.5, 0.6) is 0 Å². The molecule has 1 aromatic carbocycles. The maximum absolute atomic E-state index is 12.5. The fourth-order valence-electron chi connectivity index (χ4n) is 2.50. The van der Waals surface area contributed by atoms with Crippen molar-refractivity contribution in [1.29, 1.82) is 0 Å². The topological polar surface area (TPSA) is 93.1 Å². The number of carbonyl (C=O) groups excluding carboxylic acids is 1. The Morgan fingerprint density at radius 1 is 1.20 bits per heavy atom. The molecule has 1 heterocycles. The number of aryl methyl sites for hydroxylation is 2. The molecule has 2 rings (SSSR count). The summed E-state index contributed by atoms with van der Waals surface area (Å²) in [6, 6.07) is 6.17. The number of benzene rings is 1. The van der Waals surface area contributed by atoms with Gasteiger partial charge in [-0.1, -0.05) is 6.07 Å². The van der Waals surface area contributed by atoms with E-state index in [0.717, 1.165) is 5.69 Å². The minimum Gasteiger partial charge on any atom is -0.322 e. The first-order chi connectivity index (χ1) is 11.4. The Hall–Kier alpha value is -2.19. The Morgan fingerprint density at radius 2 is 1.84 bits per heavy atom. The molecule has 1 aromatic heterocycles. The van der Waals surface area contributed by atoms with Crippen LogP contribution in [0.2, 0.25) is 0 Å². The molecular weight excluding hydrogens is 340 g/mol. The summed E-state index contributed by atoms with van der Waals surface area (Å²) < 4.78 is 29.1. The van der Waals surface area contributed by atoms with Crippen LogP contribution in [0.1, 0.15) is 42.5 Å². The number of rotatable bonds is 4. The molecule has 25 heavy (non-hydrogen) atoms. The zero-order valence-electron chi connectivity index (χ0n) is 15.3. The molecule has 0 radical (unpaired) electrons. The lowest BCUT2D eigenvalue weighted by molar-refractivity contribution is 0.102. The van der Waals surface area contributed by atoms with Gasteiger partial charge in [-0.25, -0.2) is 13.1 Å². The van der Waals surface area contributed by atoms with Gasteiger partial charge in [-0.05, 0) is 52.8 Å². The number of aromatic nitrogens is 2. The van der Waals surface area contributed by atoms with Gasteiger partial charge in [0.1, 0.15) is 0 Å². The van der Waals surface area contributed by atoms with Crippen molar-refractivity contribution in [1.82, 2.24) is 14.5 Å². The van der Waals surface area contributed by atoms with Gasteiger partial charge in [-0.15, -0.1) is 0 Å². The molecule has 0 fully saturated rings. The Bertz CT molecular complexity index is 908. The van der Waals surface area contributed by atoms with Crippen LogP contribution in [-0.2, 0) is 17.1 Å². The number of nitrogens with zero attached hydrogens (tertiary/aromatic N) is 2. The average molecular weight is 364 g/mol. The molecule has 136 valence electrons. The van der Waals surface area contributed by atoms with Crippen molar-refractivity contribution >= 4 is 21.6 Å². The second-order valence-corrected chi connectivity index (χ2v) is 8.69. The second kappa shape index (κ2) is 6.61. The number of anilines is 1. The highest BCUT2D eigenvalue weighted by Crippen LogP contribution is 2.19. The van der Waals surface area contributed by atoms with Crippen LogP contribution in [0.3, 0.4) is 0 Å². The highest BCUT2D eigenvalue weighted by Gasteiger charge is 2.23. The molecule has 0 unspecified atom stereocenters. The average Bonchev–Trinajstić information content (AvgIpc) is 2.69. The fraction of sp³-hybridized carbons (Fsp3) is 0.412.